The zero-order valence-corrected chi connectivity index (χ0v) is 11.8. The van der Waals surface area contributed by atoms with Gasteiger partial charge in [0.15, 0.2) is 0 Å². The normalized spacial score (nSPS) is 8.20. The van der Waals surface area contributed by atoms with Crippen molar-refractivity contribution in [1.82, 2.24) is 0 Å². The average Bonchev–Trinajstić information content (AvgIpc) is 2.17. The van der Waals surface area contributed by atoms with Crippen LogP contribution in [-0.4, -0.2) is 29.0 Å². The van der Waals surface area contributed by atoms with Gasteiger partial charge < -0.3 is 9.16 Å². The number of hydrogen-bond acceptors (Lipinski definition) is 4. The maximum atomic E-state index is 10.4. The van der Waals surface area contributed by atoms with E-state index in [1.54, 1.807) is 20.8 Å². The summed E-state index contributed by atoms with van der Waals surface area (Å²) in [6, 6.07) is 0. The van der Waals surface area contributed by atoms with E-state index in [0.29, 0.717) is 28.2 Å². The predicted molar refractivity (Wildman–Crippen MR) is 62.3 cm³/mol. The first-order valence-electron chi connectivity index (χ1n) is 4.43. The van der Waals surface area contributed by atoms with E-state index < -0.39 is 0 Å². The molecule has 0 spiro atoms. The molecular weight excluding hydrogens is 212 g/mol. The standard InChI is InChI=1S/C6H10O2.C4H8O2Si/c1-4-8-6(7)5(2)3;1-3(2)4(5)6-7/h2,4H2,1,3H3;1H2,2,7H3. The minimum Gasteiger partial charge on any atom is -0.526 e. The monoisotopic (exact) mass is 230 g/mol. The Bertz CT molecular complexity index is 258. The van der Waals surface area contributed by atoms with Crippen LogP contribution < -0.4 is 0 Å². The van der Waals surface area contributed by atoms with Gasteiger partial charge in [0.05, 0.1) is 6.61 Å². The first-order valence-corrected chi connectivity index (χ1v) is 5.24. The Kier molecular flexibility index (Phi) is 9.87. The van der Waals surface area contributed by atoms with E-state index in [1.807, 2.05) is 0 Å². The first-order chi connectivity index (χ1) is 6.86. The smallest absolute Gasteiger partial charge is 0.333 e. The molecule has 0 saturated carbocycles. The van der Waals surface area contributed by atoms with Crippen molar-refractivity contribution in [1.29, 1.82) is 0 Å². The van der Waals surface area contributed by atoms with E-state index in [9.17, 15) is 9.59 Å². The van der Waals surface area contributed by atoms with E-state index in [0.717, 1.165) is 0 Å². The Balaban J connectivity index is 0. The Hall–Kier alpha value is -1.36. The second-order valence-corrected chi connectivity index (χ2v) is 3.18. The summed E-state index contributed by atoms with van der Waals surface area (Å²) < 4.78 is 8.98. The summed E-state index contributed by atoms with van der Waals surface area (Å²) in [6.45, 7) is 12.2. The van der Waals surface area contributed by atoms with E-state index in [1.165, 1.54) is 0 Å². The van der Waals surface area contributed by atoms with Crippen LogP contribution in [0.3, 0.4) is 0 Å². The van der Waals surface area contributed by atoms with Crippen molar-refractivity contribution in [2.45, 2.75) is 20.8 Å². The number of ether oxygens (including phenoxy) is 1. The highest BCUT2D eigenvalue weighted by atomic mass is 28.2. The van der Waals surface area contributed by atoms with Crippen LogP contribution in [0.25, 0.3) is 0 Å². The summed E-state index contributed by atoms with van der Waals surface area (Å²) >= 11 is 0. The molecule has 0 N–H and O–H groups in total. The molecule has 0 rings (SSSR count). The fourth-order valence-electron chi connectivity index (χ4n) is 0.429. The van der Waals surface area contributed by atoms with Gasteiger partial charge in [-0.15, -0.1) is 0 Å². The van der Waals surface area contributed by atoms with Crippen molar-refractivity contribution in [2.24, 2.45) is 0 Å². The molecule has 4 nitrogen and oxygen atoms in total. The van der Waals surface area contributed by atoms with Gasteiger partial charge in [0.25, 0.3) is 0 Å². The number of carbonyl (C=O) groups is 2. The second-order valence-electron chi connectivity index (χ2n) is 2.77. The van der Waals surface area contributed by atoms with Crippen molar-refractivity contribution >= 4 is 22.4 Å². The fraction of sp³-hybridized carbons (Fsp3) is 0.400. The highest BCUT2D eigenvalue weighted by Gasteiger charge is 1.98. The zero-order valence-electron chi connectivity index (χ0n) is 9.75. The third-order valence-electron chi connectivity index (χ3n) is 1.16. The summed E-state index contributed by atoms with van der Waals surface area (Å²) in [4.78, 5) is 20.6. The van der Waals surface area contributed by atoms with Crippen LogP contribution in [0.15, 0.2) is 24.3 Å². The number of carbonyl (C=O) groups excluding carboxylic acids is 2. The molecule has 0 unspecified atom stereocenters. The minimum absolute atomic E-state index is 0.285. The van der Waals surface area contributed by atoms with E-state index in [-0.39, 0.29) is 11.9 Å². The molecular formula is C10H18O4Si. The maximum Gasteiger partial charge on any atom is 0.333 e. The van der Waals surface area contributed by atoms with Gasteiger partial charge in [-0.25, -0.2) is 9.59 Å². The van der Waals surface area contributed by atoms with E-state index in [4.69, 9.17) is 0 Å². The van der Waals surface area contributed by atoms with E-state index >= 15 is 0 Å². The van der Waals surface area contributed by atoms with Gasteiger partial charge in [-0.2, -0.15) is 0 Å². The van der Waals surface area contributed by atoms with Gasteiger partial charge in [0.2, 0.25) is 10.5 Å². The van der Waals surface area contributed by atoms with Crippen LogP contribution in [-0.2, 0) is 18.8 Å². The lowest BCUT2D eigenvalue weighted by Crippen LogP contribution is -2.03. The highest BCUT2D eigenvalue weighted by Crippen LogP contribution is 1.89. The van der Waals surface area contributed by atoms with Gasteiger partial charge in [0.1, 0.15) is 0 Å². The molecule has 15 heavy (non-hydrogen) atoms. The molecule has 5 heteroatoms. The van der Waals surface area contributed by atoms with Crippen LogP contribution in [0.1, 0.15) is 20.8 Å². The van der Waals surface area contributed by atoms with Crippen molar-refractivity contribution in [3.63, 3.8) is 0 Å². The van der Waals surface area contributed by atoms with Crippen molar-refractivity contribution < 1.29 is 18.8 Å². The largest absolute Gasteiger partial charge is 0.526 e. The van der Waals surface area contributed by atoms with Crippen LogP contribution in [0.5, 0.6) is 0 Å². The highest BCUT2D eigenvalue weighted by molar-refractivity contribution is 6.08. The summed E-state index contributed by atoms with van der Waals surface area (Å²) in [7, 11) is 0.460. The van der Waals surface area contributed by atoms with Gasteiger partial charge >= 0.3 is 11.9 Å². The quantitative estimate of drug-likeness (QED) is 0.403. The SMILES string of the molecule is C=C(C)C(=O)OCC.C=C(C)C(=O)O[SiH3]. The number of esters is 1. The third kappa shape index (κ3) is 10.6. The number of hydrogen-bond donors (Lipinski definition) is 0. The Labute approximate surface area is 93.5 Å². The molecule has 0 aromatic heterocycles. The molecule has 0 amide bonds. The van der Waals surface area contributed by atoms with Crippen LogP contribution >= 0.6 is 0 Å². The van der Waals surface area contributed by atoms with Gasteiger partial charge in [-0.1, -0.05) is 13.2 Å². The lowest BCUT2D eigenvalue weighted by molar-refractivity contribution is -0.138. The Morgan fingerprint density at radius 2 is 1.53 bits per heavy atom. The second kappa shape index (κ2) is 9.20. The lowest BCUT2D eigenvalue weighted by Gasteiger charge is -1.96. The molecule has 0 radical (unpaired) electrons. The molecule has 0 saturated heterocycles. The van der Waals surface area contributed by atoms with E-state index in [2.05, 4.69) is 22.3 Å². The van der Waals surface area contributed by atoms with Crippen LogP contribution in [0.4, 0.5) is 0 Å². The lowest BCUT2D eigenvalue weighted by atomic mass is 10.4. The van der Waals surface area contributed by atoms with Crippen molar-refractivity contribution in [3.8, 4) is 0 Å². The number of rotatable bonds is 3. The molecule has 0 aliphatic carbocycles. The Morgan fingerprint density at radius 1 is 1.13 bits per heavy atom. The molecule has 0 aliphatic rings. The topological polar surface area (TPSA) is 52.6 Å². The molecule has 0 atom stereocenters. The summed E-state index contributed by atoms with van der Waals surface area (Å²) in [5.74, 6) is -0.598. The minimum atomic E-state index is -0.312. The van der Waals surface area contributed by atoms with Crippen molar-refractivity contribution in [3.05, 3.63) is 24.3 Å². The predicted octanol–water partition coefficient (Wildman–Crippen LogP) is 0.512. The molecule has 86 valence electrons. The van der Waals surface area contributed by atoms with Crippen LogP contribution in [0.2, 0.25) is 0 Å². The zero-order chi connectivity index (χ0) is 12.4. The molecule has 0 heterocycles. The molecule has 0 aliphatic heterocycles. The van der Waals surface area contributed by atoms with Gasteiger partial charge in [0, 0.05) is 11.1 Å². The average molecular weight is 230 g/mol. The summed E-state index contributed by atoms with van der Waals surface area (Å²) in [6.07, 6.45) is 0. The molecule has 0 aromatic carbocycles. The third-order valence-corrected chi connectivity index (χ3v) is 1.53. The maximum absolute atomic E-state index is 10.4. The summed E-state index contributed by atoms with van der Waals surface area (Å²) in [5, 5.41) is 0. The van der Waals surface area contributed by atoms with Crippen molar-refractivity contribution in [2.75, 3.05) is 6.61 Å². The first kappa shape index (κ1) is 16.1. The molecule has 0 fully saturated rings. The van der Waals surface area contributed by atoms with Gasteiger partial charge in [-0.3, -0.25) is 0 Å². The van der Waals surface area contributed by atoms with Crippen LogP contribution in [0, 0.1) is 0 Å². The summed E-state index contributed by atoms with van der Waals surface area (Å²) in [5.41, 5.74) is 0.918. The molecule has 0 aromatic rings. The Morgan fingerprint density at radius 3 is 1.60 bits per heavy atom. The fourth-order valence-corrected chi connectivity index (χ4v) is 0.777. The molecule has 0 bridgehead atoms. The van der Waals surface area contributed by atoms with Gasteiger partial charge in [-0.05, 0) is 20.8 Å².